The summed E-state index contributed by atoms with van der Waals surface area (Å²) in [6.45, 7) is 0. The highest BCUT2D eigenvalue weighted by Gasteiger charge is 2.37. The number of nitrogens with zero attached hydrogens (tertiary/aromatic N) is 2. The number of benzene rings is 4. The number of anilines is 2. The van der Waals surface area contributed by atoms with Crippen molar-refractivity contribution in [2.75, 3.05) is 10.2 Å². The fraction of sp³-hybridized carbons (Fsp3) is 0. The first-order valence-corrected chi connectivity index (χ1v) is 11.7. The number of nitro benzene ring substituents is 1. The van der Waals surface area contributed by atoms with E-state index in [0.717, 1.165) is 11.0 Å². The van der Waals surface area contributed by atoms with Gasteiger partial charge in [0.2, 0.25) is 0 Å². The third-order valence-electron chi connectivity index (χ3n) is 6.24. The molecule has 0 aromatic heterocycles. The maximum absolute atomic E-state index is 13.3. The molecule has 2 N–H and O–H groups in total. The number of aromatic carboxylic acids is 1. The molecular formula is C29H17N3O8. The number of nitrogens with one attached hydrogen (secondary N) is 1. The van der Waals surface area contributed by atoms with Crippen molar-refractivity contribution in [2.24, 2.45) is 0 Å². The van der Waals surface area contributed by atoms with Gasteiger partial charge in [0.25, 0.3) is 23.4 Å². The molecule has 0 unspecified atom stereocenters. The predicted molar refractivity (Wildman–Crippen MR) is 142 cm³/mol. The Morgan fingerprint density at radius 1 is 0.750 bits per heavy atom. The molecule has 11 heteroatoms. The third-order valence-corrected chi connectivity index (χ3v) is 6.24. The number of non-ortho nitro benzene ring substituents is 1. The lowest BCUT2D eigenvalue weighted by atomic mass is 9.99. The second-order valence-corrected chi connectivity index (χ2v) is 8.70. The maximum Gasteiger partial charge on any atom is 0.337 e. The first-order valence-electron chi connectivity index (χ1n) is 11.7. The number of hydrogen-bond donors (Lipinski definition) is 2. The van der Waals surface area contributed by atoms with Gasteiger partial charge in [-0.2, -0.15) is 0 Å². The standard InChI is InChI=1S/C29H17N3O8/c33-25(16-5-3-8-20(13-16)32(39)40)17-11-12-21-23(15-17)28(36)31(27(21)35)19-7-4-6-18(14-19)26(34)30-24-10-2-1-9-22(24)29(37)38/h1-15H,(H,30,34)(H,37,38). The Kier molecular flexibility index (Phi) is 6.46. The summed E-state index contributed by atoms with van der Waals surface area (Å²) in [5.74, 6) is -3.83. The maximum atomic E-state index is 13.3. The highest BCUT2D eigenvalue weighted by atomic mass is 16.6. The Balaban J connectivity index is 1.42. The average molecular weight is 535 g/mol. The van der Waals surface area contributed by atoms with Gasteiger partial charge in [-0.3, -0.25) is 29.3 Å². The summed E-state index contributed by atoms with van der Waals surface area (Å²) in [5.41, 5.74) is -0.0156. The average Bonchev–Trinajstić information content (AvgIpc) is 3.21. The number of carbonyl (C=O) groups excluding carboxylic acids is 4. The molecule has 0 bridgehead atoms. The van der Waals surface area contributed by atoms with Crippen LogP contribution in [-0.4, -0.2) is 39.5 Å². The number of rotatable bonds is 7. The molecule has 5 rings (SSSR count). The summed E-state index contributed by atoms with van der Waals surface area (Å²) in [6.07, 6.45) is 0. The summed E-state index contributed by atoms with van der Waals surface area (Å²) in [7, 11) is 0. The molecule has 0 atom stereocenters. The molecule has 0 aliphatic carbocycles. The molecule has 196 valence electrons. The van der Waals surface area contributed by atoms with Crippen molar-refractivity contribution in [2.45, 2.75) is 0 Å². The molecule has 0 spiro atoms. The van der Waals surface area contributed by atoms with Gasteiger partial charge in [-0.15, -0.1) is 0 Å². The quantitative estimate of drug-likeness (QED) is 0.150. The van der Waals surface area contributed by atoms with E-state index in [0.29, 0.717) is 0 Å². The van der Waals surface area contributed by atoms with Crippen molar-refractivity contribution in [3.05, 3.63) is 134 Å². The Bertz CT molecular complexity index is 1780. The molecular weight excluding hydrogens is 518 g/mol. The number of carboxylic acid groups (broad SMARTS) is 1. The molecule has 4 aromatic rings. The minimum Gasteiger partial charge on any atom is -0.478 e. The van der Waals surface area contributed by atoms with E-state index in [-0.39, 0.29) is 50.4 Å². The van der Waals surface area contributed by atoms with E-state index in [1.54, 1.807) is 6.07 Å². The minimum absolute atomic E-state index is 0.0356. The summed E-state index contributed by atoms with van der Waals surface area (Å²) in [6, 6.07) is 20.6. The Hall–Kier alpha value is -5.97. The van der Waals surface area contributed by atoms with Crippen molar-refractivity contribution in [1.82, 2.24) is 0 Å². The molecule has 0 fully saturated rings. The van der Waals surface area contributed by atoms with Gasteiger partial charge in [-0.1, -0.05) is 36.4 Å². The van der Waals surface area contributed by atoms with Gasteiger partial charge in [-0.05, 0) is 42.5 Å². The van der Waals surface area contributed by atoms with Crippen molar-refractivity contribution < 1.29 is 34.0 Å². The van der Waals surface area contributed by atoms with Crippen LogP contribution in [0.15, 0.2) is 91.0 Å². The van der Waals surface area contributed by atoms with E-state index in [1.165, 1.54) is 78.9 Å². The first-order chi connectivity index (χ1) is 19.2. The molecule has 0 saturated carbocycles. The molecule has 0 radical (unpaired) electrons. The Morgan fingerprint density at radius 2 is 1.43 bits per heavy atom. The lowest BCUT2D eigenvalue weighted by Gasteiger charge is -2.15. The summed E-state index contributed by atoms with van der Waals surface area (Å²) in [4.78, 5) is 75.1. The largest absolute Gasteiger partial charge is 0.478 e. The van der Waals surface area contributed by atoms with Crippen molar-refractivity contribution >= 4 is 46.5 Å². The van der Waals surface area contributed by atoms with E-state index < -0.39 is 34.4 Å². The molecule has 3 amide bonds. The highest BCUT2D eigenvalue weighted by Crippen LogP contribution is 2.31. The second kappa shape index (κ2) is 10.1. The molecule has 1 aliphatic heterocycles. The molecule has 40 heavy (non-hydrogen) atoms. The fourth-order valence-corrected chi connectivity index (χ4v) is 4.30. The van der Waals surface area contributed by atoms with Crippen LogP contribution < -0.4 is 10.2 Å². The lowest BCUT2D eigenvalue weighted by Crippen LogP contribution is -2.29. The van der Waals surface area contributed by atoms with Gasteiger partial charge in [0, 0.05) is 28.8 Å². The van der Waals surface area contributed by atoms with Crippen LogP contribution in [0.2, 0.25) is 0 Å². The molecule has 1 aliphatic rings. The van der Waals surface area contributed by atoms with Gasteiger partial charge in [0.15, 0.2) is 5.78 Å². The van der Waals surface area contributed by atoms with E-state index in [2.05, 4.69) is 5.32 Å². The van der Waals surface area contributed by atoms with E-state index in [9.17, 15) is 39.2 Å². The van der Waals surface area contributed by atoms with Crippen molar-refractivity contribution in [3.8, 4) is 0 Å². The number of fused-ring (bicyclic) bond motifs is 1. The monoisotopic (exact) mass is 535 g/mol. The third kappa shape index (κ3) is 4.58. The lowest BCUT2D eigenvalue weighted by molar-refractivity contribution is -0.384. The van der Waals surface area contributed by atoms with Crippen LogP contribution in [0.5, 0.6) is 0 Å². The summed E-state index contributed by atoms with van der Waals surface area (Å²) >= 11 is 0. The van der Waals surface area contributed by atoms with Crippen LogP contribution in [0, 0.1) is 10.1 Å². The number of imide groups is 1. The normalized spacial score (nSPS) is 12.2. The SMILES string of the molecule is O=C(Nc1ccccc1C(=O)O)c1cccc(N2C(=O)c3ccc(C(=O)c4cccc([N+](=O)[O-])c4)cc3C2=O)c1. The number of amides is 3. The van der Waals surface area contributed by atoms with Gasteiger partial charge in [0.05, 0.1) is 33.0 Å². The molecule has 4 aromatic carbocycles. The van der Waals surface area contributed by atoms with Crippen LogP contribution in [-0.2, 0) is 0 Å². The number of nitro groups is 1. The summed E-state index contributed by atoms with van der Waals surface area (Å²) < 4.78 is 0. The van der Waals surface area contributed by atoms with E-state index in [4.69, 9.17) is 0 Å². The fourth-order valence-electron chi connectivity index (χ4n) is 4.30. The van der Waals surface area contributed by atoms with Gasteiger partial charge in [0.1, 0.15) is 0 Å². The van der Waals surface area contributed by atoms with Crippen molar-refractivity contribution in [3.63, 3.8) is 0 Å². The molecule has 1 heterocycles. The second-order valence-electron chi connectivity index (χ2n) is 8.70. The zero-order valence-electron chi connectivity index (χ0n) is 20.4. The highest BCUT2D eigenvalue weighted by molar-refractivity contribution is 6.35. The zero-order valence-corrected chi connectivity index (χ0v) is 20.4. The van der Waals surface area contributed by atoms with Crippen LogP contribution in [0.4, 0.5) is 17.1 Å². The number of ketones is 1. The smallest absolute Gasteiger partial charge is 0.337 e. The number of para-hydroxylation sites is 1. The van der Waals surface area contributed by atoms with Crippen molar-refractivity contribution in [1.29, 1.82) is 0 Å². The number of carbonyl (C=O) groups is 5. The van der Waals surface area contributed by atoms with Gasteiger partial charge < -0.3 is 10.4 Å². The molecule has 11 nitrogen and oxygen atoms in total. The van der Waals surface area contributed by atoms with Crippen LogP contribution in [0.3, 0.4) is 0 Å². The topological polar surface area (TPSA) is 164 Å². The van der Waals surface area contributed by atoms with Crippen LogP contribution >= 0.6 is 0 Å². The first kappa shape index (κ1) is 25.7. The van der Waals surface area contributed by atoms with Crippen LogP contribution in [0.25, 0.3) is 0 Å². The van der Waals surface area contributed by atoms with Crippen LogP contribution in [0.1, 0.15) is 57.4 Å². The Morgan fingerprint density at radius 3 is 2.17 bits per heavy atom. The zero-order chi connectivity index (χ0) is 28.6. The van der Waals surface area contributed by atoms with E-state index in [1.807, 2.05) is 0 Å². The Labute approximate surface area is 225 Å². The predicted octanol–water partition coefficient (Wildman–Crippen LogP) is 4.58. The number of hydrogen-bond acceptors (Lipinski definition) is 7. The molecule has 0 saturated heterocycles. The summed E-state index contributed by atoms with van der Waals surface area (Å²) in [5, 5.41) is 22.9. The van der Waals surface area contributed by atoms with Gasteiger partial charge >= 0.3 is 5.97 Å². The minimum atomic E-state index is -1.22. The van der Waals surface area contributed by atoms with E-state index >= 15 is 0 Å². The number of carboxylic acids is 1. The van der Waals surface area contributed by atoms with Gasteiger partial charge in [-0.25, -0.2) is 9.69 Å².